The lowest BCUT2D eigenvalue weighted by Crippen LogP contribution is -2.10. The van der Waals surface area contributed by atoms with Crippen LogP contribution in [0.3, 0.4) is 0 Å². The summed E-state index contributed by atoms with van der Waals surface area (Å²) in [6, 6.07) is 17.8. The van der Waals surface area contributed by atoms with E-state index in [1.165, 1.54) is 5.57 Å². The molecule has 0 saturated heterocycles. The lowest BCUT2D eigenvalue weighted by Gasteiger charge is -2.22. The quantitative estimate of drug-likeness (QED) is 0.707. The monoisotopic (exact) mass is 310 g/mol. The number of aliphatic hydroxyl groups excluding tert-OH is 1. The zero-order valence-corrected chi connectivity index (χ0v) is 14.2. The molecule has 2 atom stereocenters. The Morgan fingerprint density at radius 2 is 1.57 bits per heavy atom. The highest BCUT2D eigenvalue weighted by Crippen LogP contribution is 2.34. The lowest BCUT2D eigenvalue weighted by atomic mass is 9.86. The molecule has 2 rings (SSSR count). The van der Waals surface area contributed by atoms with Gasteiger partial charge in [0, 0.05) is 5.92 Å². The number of aliphatic hydroxyl groups is 1. The molecule has 0 aliphatic carbocycles. The average molecular weight is 310 g/mol. The molecule has 2 heteroatoms. The third-order valence-electron chi connectivity index (χ3n) is 4.31. The molecular formula is C21H26O2. The smallest absolute Gasteiger partial charge is 0.118 e. The molecule has 122 valence electrons. The van der Waals surface area contributed by atoms with Crippen LogP contribution in [0.2, 0.25) is 0 Å². The first-order chi connectivity index (χ1) is 11.2. The van der Waals surface area contributed by atoms with Crippen molar-refractivity contribution >= 4 is 0 Å². The van der Waals surface area contributed by atoms with E-state index in [2.05, 4.69) is 19.9 Å². The van der Waals surface area contributed by atoms with Crippen molar-refractivity contribution in [1.82, 2.24) is 0 Å². The highest BCUT2D eigenvalue weighted by Gasteiger charge is 2.21. The predicted octanol–water partition coefficient (Wildman–Crippen LogP) is 5.26. The molecule has 2 unspecified atom stereocenters. The van der Waals surface area contributed by atoms with Crippen LogP contribution in [0.5, 0.6) is 5.75 Å². The molecule has 0 radical (unpaired) electrons. The fraction of sp³-hybridized carbons (Fsp3) is 0.333. The molecule has 0 aliphatic heterocycles. The first-order valence-electron chi connectivity index (χ1n) is 8.26. The normalized spacial score (nSPS) is 13.2. The Labute approximate surface area is 139 Å². The van der Waals surface area contributed by atoms with Crippen LogP contribution in [0.1, 0.15) is 49.8 Å². The van der Waals surface area contributed by atoms with Gasteiger partial charge in [0.2, 0.25) is 0 Å². The Kier molecular flexibility index (Phi) is 6.42. The summed E-state index contributed by atoms with van der Waals surface area (Å²) >= 11 is 0. The topological polar surface area (TPSA) is 29.5 Å². The van der Waals surface area contributed by atoms with Crippen LogP contribution in [0, 0.1) is 0 Å². The molecule has 0 saturated carbocycles. The van der Waals surface area contributed by atoms with Crippen LogP contribution < -0.4 is 4.74 Å². The minimum absolute atomic E-state index is 0.0572. The molecule has 0 aliphatic rings. The molecule has 2 aromatic rings. The van der Waals surface area contributed by atoms with E-state index in [1.807, 2.05) is 54.6 Å². The zero-order chi connectivity index (χ0) is 16.7. The fourth-order valence-electron chi connectivity index (χ4n) is 2.79. The molecule has 0 amide bonds. The van der Waals surface area contributed by atoms with E-state index in [4.69, 9.17) is 4.74 Å². The van der Waals surface area contributed by atoms with Crippen molar-refractivity contribution in [2.45, 2.75) is 38.7 Å². The van der Waals surface area contributed by atoms with Crippen LogP contribution >= 0.6 is 0 Å². The molecule has 2 aromatic carbocycles. The van der Waals surface area contributed by atoms with E-state index >= 15 is 0 Å². The summed E-state index contributed by atoms with van der Waals surface area (Å²) in [6.07, 6.45) is 3.67. The van der Waals surface area contributed by atoms with Gasteiger partial charge in [0.1, 0.15) is 5.75 Å². The summed E-state index contributed by atoms with van der Waals surface area (Å²) < 4.78 is 5.24. The standard InChI is InChI=1S/C21H26O2/c1-4-16(5-2)15-20(17-11-13-19(23-3)14-12-17)21(22)18-9-7-6-8-10-18/h6-15,20-22H,4-5H2,1-3H3. The Balaban J connectivity index is 2.40. The van der Waals surface area contributed by atoms with E-state index in [-0.39, 0.29) is 5.92 Å². The molecule has 0 fully saturated rings. The van der Waals surface area contributed by atoms with Crippen molar-refractivity contribution in [3.8, 4) is 5.75 Å². The first kappa shape index (κ1) is 17.3. The van der Waals surface area contributed by atoms with Crippen molar-refractivity contribution in [2.24, 2.45) is 0 Å². The van der Waals surface area contributed by atoms with Gasteiger partial charge in [-0.3, -0.25) is 0 Å². The van der Waals surface area contributed by atoms with Gasteiger partial charge in [0.05, 0.1) is 13.2 Å². The van der Waals surface area contributed by atoms with Crippen LogP contribution in [-0.2, 0) is 0 Å². The van der Waals surface area contributed by atoms with E-state index in [9.17, 15) is 5.11 Å². The molecule has 2 nitrogen and oxygen atoms in total. The SMILES string of the molecule is CCC(=CC(c1ccc(OC)cc1)C(O)c1ccccc1)CC. The third-order valence-corrected chi connectivity index (χ3v) is 4.31. The molecule has 23 heavy (non-hydrogen) atoms. The highest BCUT2D eigenvalue weighted by molar-refractivity contribution is 5.35. The molecule has 0 heterocycles. The molecule has 0 bridgehead atoms. The second kappa shape index (κ2) is 8.54. The number of rotatable bonds is 7. The molecule has 1 N–H and O–H groups in total. The van der Waals surface area contributed by atoms with Crippen molar-refractivity contribution in [3.05, 3.63) is 77.4 Å². The number of hydrogen-bond acceptors (Lipinski definition) is 2. The van der Waals surface area contributed by atoms with Crippen LogP contribution in [0.4, 0.5) is 0 Å². The van der Waals surface area contributed by atoms with Gasteiger partial charge in [0.15, 0.2) is 0 Å². The number of benzene rings is 2. The Morgan fingerprint density at radius 3 is 2.09 bits per heavy atom. The first-order valence-corrected chi connectivity index (χ1v) is 8.26. The summed E-state index contributed by atoms with van der Waals surface area (Å²) in [5.74, 6) is 0.773. The Bertz CT molecular complexity index is 608. The van der Waals surface area contributed by atoms with Crippen molar-refractivity contribution < 1.29 is 9.84 Å². The van der Waals surface area contributed by atoms with Crippen LogP contribution in [0.25, 0.3) is 0 Å². The van der Waals surface area contributed by atoms with E-state index in [0.717, 1.165) is 29.7 Å². The number of allylic oxidation sites excluding steroid dienone is 1. The van der Waals surface area contributed by atoms with Crippen LogP contribution in [0.15, 0.2) is 66.2 Å². The minimum atomic E-state index is -0.558. The summed E-state index contributed by atoms with van der Waals surface area (Å²) in [7, 11) is 1.66. The van der Waals surface area contributed by atoms with Crippen molar-refractivity contribution in [1.29, 1.82) is 0 Å². The van der Waals surface area contributed by atoms with E-state index < -0.39 is 6.10 Å². The van der Waals surface area contributed by atoms with E-state index in [0.29, 0.717) is 0 Å². The van der Waals surface area contributed by atoms with Gasteiger partial charge in [-0.15, -0.1) is 0 Å². The highest BCUT2D eigenvalue weighted by atomic mass is 16.5. The zero-order valence-electron chi connectivity index (χ0n) is 14.2. The van der Waals surface area contributed by atoms with Gasteiger partial charge in [-0.2, -0.15) is 0 Å². The maximum Gasteiger partial charge on any atom is 0.118 e. The lowest BCUT2D eigenvalue weighted by molar-refractivity contribution is 0.161. The number of hydrogen-bond donors (Lipinski definition) is 1. The third kappa shape index (κ3) is 4.46. The largest absolute Gasteiger partial charge is 0.497 e. The minimum Gasteiger partial charge on any atom is -0.497 e. The second-order valence-electron chi connectivity index (χ2n) is 5.69. The molecule has 0 aromatic heterocycles. The van der Waals surface area contributed by atoms with E-state index in [1.54, 1.807) is 7.11 Å². The fourth-order valence-corrected chi connectivity index (χ4v) is 2.79. The number of ether oxygens (including phenoxy) is 1. The van der Waals surface area contributed by atoms with Gasteiger partial charge < -0.3 is 9.84 Å². The summed E-state index contributed by atoms with van der Waals surface area (Å²) in [5, 5.41) is 10.9. The van der Waals surface area contributed by atoms with Crippen LogP contribution in [-0.4, -0.2) is 12.2 Å². The second-order valence-corrected chi connectivity index (χ2v) is 5.69. The number of methoxy groups -OCH3 is 1. The summed E-state index contributed by atoms with van der Waals surface area (Å²) in [5.41, 5.74) is 3.40. The Hall–Kier alpha value is -2.06. The van der Waals surface area contributed by atoms with Crippen molar-refractivity contribution in [2.75, 3.05) is 7.11 Å². The summed E-state index contributed by atoms with van der Waals surface area (Å²) in [6.45, 7) is 4.32. The molecular weight excluding hydrogens is 284 g/mol. The predicted molar refractivity (Wildman–Crippen MR) is 95.8 cm³/mol. The maximum atomic E-state index is 10.9. The van der Waals surface area contributed by atoms with Gasteiger partial charge in [-0.25, -0.2) is 0 Å². The molecule has 0 spiro atoms. The van der Waals surface area contributed by atoms with Gasteiger partial charge in [-0.1, -0.05) is 68.0 Å². The maximum absolute atomic E-state index is 10.9. The average Bonchev–Trinajstić information content (AvgIpc) is 2.63. The van der Waals surface area contributed by atoms with Gasteiger partial charge >= 0.3 is 0 Å². The van der Waals surface area contributed by atoms with Gasteiger partial charge in [-0.05, 0) is 36.1 Å². The van der Waals surface area contributed by atoms with Gasteiger partial charge in [0.25, 0.3) is 0 Å². The Morgan fingerprint density at radius 1 is 0.957 bits per heavy atom. The van der Waals surface area contributed by atoms with Crippen molar-refractivity contribution in [3.63, 3.8) is 0 Å². The summed E-state index contributed by atoms with van der Waals surface area (Å²) in [4.78, 5) is 0.